The lowest BCUT2D eigenvalue weighted by Gasteiger charge is -2.14. The zero-order valence-electron chi connectivity index (χ0n) is 6.65. The number of amides is 1. The van der Waals surface area contributed by atoms with E-state index in [0.29, 0.717) is 19.6 Å². The van der Waals surface area contributed by atoms with E-state index in [1.165, 1.54) is 0 Å². The van der Waals surface area contributed by atoms with Crippen LogP contribution in [0, 0.1) is 0 Å². The van der Waals surface area contributed by atoms with E-state index in [1.807, 2.05) is 0 Å². The molecule has 1 aliphatic rings. The summed E-state index contributed by atoms with van der Waals surface area (Å²) in [6.45, 7) is 1.93. The van der Waals surface area contributed by atoms with Gasteiger partial charge in [-0.25, -0.2) is 0 Å². The Morgan fingerprint density at radius 1 is 1.75 bits per heavy atom. The molecule has 0 aromatic rings. The fraction of sp³-hybridized carbons (Fsp3) is 0.714. The van der Waals surface area contributed by atoms with Crippen molar-refractivity contribution in [3.63, 3.8) is 0 Å². The predicted molar refractivity (Wildman–Crippen MR) is 53.4 cm³/mol. The molecule has 0 atom stereocenters. The topological polar surface area (TPSA) is 29.5 Å². The fourth-order valence-corrected chi connectivity index (χ4v) is 1.36. The maximum atomic E-state index is 11.1. The van der Waals surface area contributed by atoms with Crippen molar-refractivity contribution in [1.82, 2.24) is 4.90 Å². The van der Waals surface area contributed by atoms with Gasteiger partial charge in [0.2, 0.25) is 10.3 Å². The number of nitrogens with zero attached hydrogens (tertiary/aromatic N) is 1. The van der Waals surface area contributed by atoms with Crippen molar-refractivity contribution < 1.29 is 9.53 Å². The number of hydrogen-bond donors (Lipinski definition) is 1. The molecule has 0 aromatic heterocycles. The third kappa shape index (κ3) is 2.98. The number of rotatable bonds is 3. The van der Waals surface area contributed by atoms with Crippen LogP contribution in [0.1, 0.15) is 12.8 Å². The smallest absolute Gasteiger partial charge is 0.222 e. The van der Waals surface area contributed by atoms with Crippen LogP contribution in [0.4, 0.5) is 0 Å². The van der Waals surface area contributed by atoms with E-state index in [0.717, 1.165) is 13.0 Å². The SMILES string of the molecule is O=C1CCCN1CCOC(=S)S. The third-order valence-corrected chi connectivity index (χ3v) is 2.01. The summed E-state index contributed by atoms with van der Waals surface area (Å²) < 4.78 is 5.19. The summed E-state index contributed by atoms with van der Waals surface area (Å²) in [6.07, 6.45) is 1.63. The van der Waals surface area contributed by atoms with Gasteiger partial charge in [-0.3, -0.25) is 4.79 Å². The van der Waals surface area contributed by atoms with Crippen molar-refractivity contribution in [1.29, 1.82) is 0 Å². The van der Waals surface area contributed by atoms with Crippen LogP contribution in [-0.2, 0) is 9.53 Å². The first kappa shape index (κ1) is 9.80. The molecule has 0 aliphatic carbocycles. The van der Waals surface area contributed by atoms with Crippen LogP contribution in [0.2, 0.25) is 0 Å². The molecule has 0 radical (unpaired) electrons. The fourth-order valence-electron chi connectivity index (χ4n) is 1.18. The van der Waals surface area contributed by atoms with Crippen molar-refractivity contribution in [3.8, 4) is 0 Å². The number of likely N-dealkylation sites (tertiary alicyclic amines) is 1. The zero-order valence-corrected chi connectivity index (χ0v) is 8.37. The average Bonchev–Trinajstić information content (AvgIpc) is 2.36. The molecule has 68 valence electrons. The molecule has 0 spiro atoms. The second-order valence-corrected chi connectivity index (χ2v) is 3.68. The Morgan fingerprint density at radius 3 is 3.00 bits per heavy atom. The van der Waals surface area contributed by atoms with Gasteiger partial charge in [-0.05, 0) is 18.6 Å². The van der Waals surface area contributed by atoms with Crippen LogP contribution < -0.4 is 0 Å². The molecule has 1 saturated heterocycles. The van der Waals surface area contributed by atoms with E-state index in [9.17, 15) is 4.79 Å². The highest BCUT2D eigenvalue weighted by atomic mass is 32.1. The summed E-state index contributed by atoms with van der Waals surface area (Å²) in [5.41, 5.74) is 0. The van der Waals surface area contributed by atoms with Gasteiger partial charge >= 0.3 is 0 Å². The molecule has 5 heteroatoms. The highest BCUT2D eigenvalue weighted by Gasteiger charge is 2.19. The number of thiol groups is 1. The van der Waals surface area contributed by atoms with Gasteiger partial charge in [-0.15, -0.1) is 0 Å². The van der Waals surface area contributed by atoms with Gasteiger partial charge in [0.1, 0.15) is 6.61 Å². The molecule has 1 aliphatic heterocycles. The molecular formula is C7H11NO2S2. The Kier molecular flexibility index (Phi) is 3.81. The van der Waals surface area contributed by atoms with E-state index in [-0.39, 0.29) is 10.3 Å². The molecule has 0 bridgehead atoms. The quantitative estimate of drug-likeness (QED) is 0.547. The molecule has 1 amide bonds. The van der Waals surface area contributed by atoms with E-state index < -0.39 is 0 Å². The Balaban J connectivity index is 2.14. The zero-order chi connectivity index (χ0) is 8.97. The maximum Gasteiger partial charge on any atom is 0.222 e. The minimum Gasteiger partial charge on any atom is -0.477 e. The minimum atomic E-state index is 0.212. The second-order valence-electron chi connectivity index (χ2n) is 2.60. The van der Waals surface area contributed by atoms with Crippen LogP contribution in [-0.4, -0.2) is 34.9 Å². The van der Waals surface area contributed by atoms with Crippen molar-refractivity contribution in [2.24, 2.45) is 0 Å². The molecule has 0 N–H and O–H groups in total. The first-order valence-electron chi connectivity index (χ1n) is 3.83. The monoisotopic (exact) mass is 205 g/mol. The molecule has 1 fully saturated rings. The van der Waals surface area contributed by atoms with E-state index in [4.69, 9.17) is 4.74 Å². The van der Waals surface area contributed by atoms with Gasteiger partial charge in [0.05, 0.1) is 6.54 Å². The van der Waals surface area contributed by atoms with E-state index >= 15 is 0 Å². The Morgan fingerprint density at radius 2 is 2.50 bits per heavy atom. The minimum absolute atomic E-state index is 0.212. The molecule has 0 unspecified atom stereocenters. The summed E-state index contributed by atoms with van der Waals surface area (Å²) in [7, 11) is 0. The molecule has 3 nitrogen and oxygen atoms in total. The Labute approximate surface area is 82.5 Å². The van der Waals surface area contributed by atoms with Gasteiger partial charge in [-0.2, -0.15) is 0 Å². The predicted octanol–water partition coefficient (Wildman–Crippen LogP) is 0.840. The number of hydrogen-bond acceptors (Lipinski definition) is 3. The number of carbonyl (C=O) groups excluding carboxylic acids is 1. The van der Waals surface area contributed by atoms with E-state index in [2.05, 4.69) is 24.8 Å². The third-order valence-electron chi connectivity index (χ3n) is 1.76. The number of ether oxygens (including phenoxy) is 1. The van der Waals surface area contributed by atoms with Gasteiger partial charge in [0.25, 0.3) is 0 Å². The molecule has 1 heterocycles. The lowest BCUT2D eigenvalue weighted by Crippen LogP contribution is -2.28. The summed E-state index contributed by atoms with van der Waals surface area (Å²) in [4.78, 5) is 12.9. The summed E-state index contributed by atoms with van der Waals surface area (Å²) in [6, 6.07) is 0. The van der Waals surface area contributed by atoms with Gasteiger partial charge < -0.3 is 9.64 Å². The first-order chi connectivity index (χ1) is 5.70. The van der Waals surface area contributed by atoms with Crippen molar-refractivity contribution >= 4 is 35.1 Å². The van der Waals surface area contributed by atoms with Crippen LogP contribution in [0.25, 0.3) is 0 Å². The maximum absolute atomic E-state index is 11.1. The highest BCUT2D eigenvalue weighted by molar-refractivity contribution is 8.10. The molecular weight excluding hydrogens is 194 g/mol. The van der Waals surface area contributed by atoms with Crippen LogP contribution in [0.5, 0.6) is 0 Å². The lowest BCUT2D eigenvalue weighted by atomic mass is 10.4. The summed E-state index contributed by atoms with van der Waals surface area (Å²) in [5, 5.41) is 0. The first-order valence-corrected chi connectivity index (χ1v) is 4.69. The van der Waals surface area contributed by atoms with E-state index in [1.54, 1.807) is 4.90 Å². The highest BCUT2D eigenvalue weighted by Crippen LogP contribution is 2.08. The van der Waals surface area contributed by atoms with Crippen molar-refractivity contribution in [2.45, 2.75) is 12.8 Å². The van der Waals surface area contributed by atoms with Crippen molar-refractivity contribution in [3.05, 3.63) is 0 Å². The number of carbonyl (C=O) groups is 1. The summed E-state index contributed by atoms with van der Waals surface area (Å²) >= 11 is 8.41. The van der Waals surface area contributed by atoms with Gasteiger partial charge in [-0.1, -0.05) is 12.6 Å². The standard InChI is InChI=1S/C7H11NO2S2/c9-6-2-1-3-8(6)4-5-10-7(11)12/h1-5H2,(H,11,12). The largest absolute Gasteiger partial charge is 0.477 e. The second kappa shape index (κ2) is 4.67. The Bertz CT molecular complexity index is 196. The van der Waals surface area contributed by atoms with Crippen LogP contribution in [0.15, 0.2) is 0 Å². The Hall–Kier alpha value is -0.290. The molecule has 0 saturated carbocycles. The van der Waals surface area contributed by atoms with Crippen molar-refractivity contribution in [2.75, 3.05) is 19.7 Å². The summed E-state index contributed by atoms with van der Waals surface area (Å²) in [5.74, 6) is 0.212. The number of thiocarbonyl (C=S) groups is 1. The van der Waals surface area contributed by atoms with Gasteiger partial charge in [0.15, 0.2) is 0 Å². The van der Waals surface area contributed by atoms with Crippen LogP contribution >= 0.6 is 24.8 Å². The van der Waals surface area contributed by atoms with Crippen LogP contribution in [0.3, 0.4) is 0 Å². The molecule has 12 heavy (non-hydrogen) atoms. The lowest BCUT2D eigenvalue weighted by molar-refractivity contribution is -0.128. The molecule has 0 aromatic carbocycles. The normalized spacial score (nSPS) is 16.8. The average molecular weight is 205 g/mol. The van der Waals surface area contributed by atoms with Gasteiger partial charge in [0, 0.05) is 13.0 Å². The molecule has 1 rings (SSSR count).